The van der Waals surface area contributed by atoms with E-state index in [9.17, 15) is 49.0 Å². The number of esters is 1. The van der Waals surface area contributed by atoms with Gasteiger partial charge < -0.3 is 82.0 Å². The standard InChI is InChI=1S/C18H15P.C13H17N3O2.C9H7ClN2O4.C9H10N2O2.C6H5ClN2O3.C4H9Cl2N.C4H6N2O2.C4H8O3.C4H8O.C2H6O.6CH4/c1-4-10-16(11-5-1)19(17-12-6-2-7-13-17)18-14-8-3-9-15-18;1-9-13(17)15-10-3-2-4-11(12(10)18-9)16-7-5-14-6-8-16;1-4-9(13)11-6-2-5(10)3-7(12(14)15)8(6)16-4;1-5-9(12)11-7-4-2-3-6(10)8(7)13-5;7-3-1-4(8)6(10)5(2-3)9(11)12;5-1-3-7-4-2-6;1-3(7)5-6-4(2)8;1-3(5)4(6)7-2;1-2-4-5-3-1;1-2-3;;;;;;/h1-15H;2-4,9,14H,5-8H2,1H3,(H,15,17);2-4H,1H3,(H,11,13);2-5H,10H2,1H3,(H,11,12);1-2,10H,8H2;7H,1-4H2;1-2H3;3,5H,1-2H3;1-4H2;3H,2H2,1H3;6*1H4/t;9-;4-;5-;;;;3-;;;;;;;;/m.111...0......../s1. The van der Waals surface area contributed by atoms with Crippen LogP contribution in [0.5, 0.6) is 23.0 Å². The minimum atomic E-state index is -0.995. The lowest BCUT2D eigenvalue weighted by Crippen LogP contribution is -2.44. The van der Waals surface area contributed by atoms with E-state index in [0.29, 0.717) is 28.9 Å². The number of hydrogen-bond acceptors (Lipinski definition) is 23. The van der Waals surface area contributed by atoms with E-state index < -0.39 is 71.4 Å². The van der Waals surface area contributed by atoms with Crippen LogP contribution < -0.4 is 73.1 Å². The van der Waals surface area contributed by atoms with E-state index in [1.165, 1.54) is 81.8 Å². The molecule has 0 spiro atoms. The summed E-state index contributed by atoms with van der Waals surface area (Å²) >= 11 is 21.8. The lowest BCUT2D eigenvalue weighted by Gasteiger charge is -2.33. The van der Waals surface area contributed by atoms with E-state index in [-0.39, 0.29) is 102 Å². The summed E-state index contributed by atoms with van der Waals surface area (Å²) in [6.45, 7) is 18.3. The molecule has 12 N–H and O–H groups in total. The maximum absolute atomic E-state index is 11.6. The highest BCUT2D eigenvalue weighted by Crippen LogP contribution is 2.42. The molecule has 5 aliphatic heterocycles. The van der Waals surface area contributed by atoms with E-state index in [2.05, 4.69) is 137 Å². The molecular formula is C79H115Cl4N12O18P. The van der Waals surface area contributed by atoms with Crippen LogP contribution in [0.2, 0.25) is 10.0 Å². The van der Waals surface area contributed by atoms with Crippen LogP contribution in [0.15, 0.2) is 162 Å². The summed E-state index contributed by atoms with van der Waals surface area (Å²) < 4.78 is 25.3. The minimum Gasteiger partial charge on any atom is -0.501 e. The van der Waals surface area contributed by atoms with Gasteiger partial charge in [0.2, 0.25) is 11.5 Å². The number of halogens is 4. The Morgan fingerprint density at radius 3 is 1.38 bits per heavy atom. The molecule has 35 heteroatoms. The average molecular weight is 1690 g/mol. The number of hydrogen-bond donors (Lipinski definition) is 10. The summed E-state index contributed by atoms with van der Waals surface area (Å²) in [6.07, 6.45) is -0.101. The van der Waals surface area contributed by atoms with Crippen molar-refractivity contribution in [1.82, 2.24) is 10.6 Å². The van der Waals surface area contributed by atoms with Gasteiger partial charge in [-0.2, -0.15) is 0 Å². The van der Waals surface area contributed by atoms with Gasteiger partial charge in [0.05, 0.1) is 51.1 Å². The molecule has 7 aromatic rings. The van der Waals surface area contributed by atoms with Gasteiger partial charge in [-0.25, -0.2) is 4.79 Å². The number of nitrogen functional groups attached to an aromatic ring is 2. The van der Waals surface area contributed by atoms with Crippen LogP contribution in [-0.4, -0.2) is 163 Å². The Kier molecular flexibility index (Phi) is 58.8. The van der Waals surface area contributed by atoms with Crippen LogP contribution in [-0.2, 0) is 38.2 Å². The van der Waals surface area contributed by atoms with E-state index in [1.807, 2.05) is 18.2 Å². The molecule has 0 aromatic heterocycles. The number of amides is 5. The lowest BCUT2D eigenvalue weighted by molar-refractivity contribution is -0.386. The number of nitrogens with two attached hydrogens (primary N) is 2. The van der Waals surface area contributed by atoms with Crippen molar-refractivity contribution in [3.63, 3.8) is 0 Å². The number of nitro benzene ring substituents is 2. The molecule has 7 aromatic carbocycles. The Morgan fingerprint density at radius 2 is 1.00 bits per heavy atom. The quantitative estimate of drug-likeness (QED) is 0.00662. The number of carbonyl (C=O) groups excluding carboxylic acids is 6. The fourth-order valence-electron chi connectivity index (χ4n) is 9.02. The zero-order valence-electron chi connectivity index (χ0n) is 60.8. The number of carbonyl (C=O) groups is 6. The summed E-state index contributed by atoms with van der Waals surface area (Å²) in [6, 6.07) is 48.4. The third-order valence-electron chi connectivity index (χ3n) is 14.1. The first kappa shape index (κ1) is 110. The van der Waals surface area contributed by atoms with Gasteiger partial charge in [-0.3, -0.25) is 44.2 Å². The number of nitrogens with zero attached hydrogens (tertiary/aromatic N) is 5. The van der Waals surface area contributed by atoms with Crippen LogP contribution in [0, 0.1) is 20.2 Å². The number of para-hydroxylation sites is 2. The second-order valence-electron chi connectivity index (χ2n) is 22.6. The zero-order chi connectivity index (χ0) is 80.3. The number of benzene rings is 7. The van der Waals surface area contributed by atoms with E-state index >= 15 is 0 Å². The highest BCUT2D eigenvalue weighted by molar-refractivity contribution is 7.79. The van der Waals surface area contributed by atoms with Gasteiger partial charge in [-0.05, 0) is 108 Å². The summed E-state index contributed by atoms with van der Waals surface area (Å²) in [4.78, 5) is 85.9. The summed E-state index contributed by atoms with van der Waals surface area (Å²) in [5, 5.41) is 70.8. The van der Waals surface area contributed by atoms with Gasteiger partial charge in [-0.1, -0.05) is 171 Å². The first-order chi connectivity index (χ1) is 51.5. The fraction of sp³-hybridized carbons (Fsp3) is 0.392. The number of alkyl halides is 2. The van der Waals surface area contributed by atoms with Gasteiger partial charge in [0.1, 0.15) is 6.10 Å². The number of rotatable bonds is 11. The number of aliphatic hydroxyl groups excluding tert-OH is 2. The second-order valence-corrected chi connectivity index (χ2v) is 26.4. The van der Waals surface area contributed by atoms with Crippen molar-refractivity contribution in [3.05, 3.63) is 182 Å². The lowest BCUT2D eigenvalue weighted by atomic mass is 10.1. The summed E-state index contributed by atoms with van der Waals surface area (Å²) in [5.74, 6) is 0.0860. The number of fused-ring (bicyclic) bond motifs is 3. The topological polar surface area (TPSA) is 436 Å². The Bertz CT molecular complexity index is 3910. The SMILES string of the molecule is C.C.C.C.C.C.C1CCOC1.CC(=O)N=NC(C)=O.CCO.COC(=O)[C@H](C)O.C[C@H]1Oc2c(N)cccc2NC1=O.C[C@H]1Oc2c(cc(Cl)cc2[N+](=O)[O-])NC1=O.C[C@H]1Oc2c(cccc2N2CCNCC2)NC1=O.ClCCNCCCl.Nc1cc(Cl)cc([N+](=O)[O-])c1O.c1ccc(P(c2ccccc2)c2ccccc2)cc1. The van der Waals surface area contributed by atoms with E-state index in [4.69, 9.17) is 92.1 Å². The largest absolute Gasteiger partial charge is 0.501 e. The summed E-state index contributed by atoms with van der Waals surface area (Å²) in [7, 11) is 0.785. The first-order valence-corrected chi connectivity index (χ1v) is 36.7. The van der Waals surface area contributed by atoms with Crippen molar-refractivity contribution in [2.24, 2.45) is 10.2 Å². The number of anilines is 6. The number of phenolic OH excluding ortho intramolecular Hbond substituents is 1. The van der Waals surface area contributed by atoms with E-state index in [1.54, 1.807) is 39.0 Å². The normalized spacial score (nSPS) is 14.6. The number of aromatic hydroxyl groups is 1. The Balaban J connectivity index is -0.000000606. The maximum atomic E-state index is 11.6. The van der Waals surface area contributed by atoms with Crippen LogP contribution in [0.25, 0.3) is 0 Å². The predicted molar refractivity (Wildman–Crippen MR) is 463 cm³/mol. The minimum absolute atomic E-state index is 0. The number of phenols is 1. The number of nitrogens with one attached hydrogen (secondary N) is 5. The average Bonchev–Trinajstić information content (AvgIpc) is 0.832. The molecule has 0 aliphatic carbocycles. The Labute approximate surface area is 691 Å². The predicted octanol–water partition coefficient (Wildman–Crippen LogP) is 14.5. The van der Waals surface area contributed by atoms with Gasteiger partial charge >= 0.3 is 17.3 Å². The van der Waals surface area contributed by atoms with Crippen molar-refractivity contribution in [2.75, 3.05) is 110 Å². The number of azo groups is 1. The molecule has 5 heterocycles. The van der Waals surface area contributed by atoms with E-state index in [0.717, 1.165) is 75.7 Å². The van der Waals surface area contributed by atoms with Crippen molar-refractivity contribution in [2.45, 2.75) is 130 Å². The number of methoxy groups -OCH3 is 1. The molecule has 0 bridgehead atoms. The van der Waals surface area contributed by atoms with Gasteiger partial charge in [0.15, 0.2) is 29.8 Å². The zero-order valence-corrected chi connectivity index (χ0v) is 64.7. The molecule has 114 heavy (non-hydrogen) atoms. The molecule has 0 unspecified atom stereocenters. The third kappa shape index (κ3) is 39.7. The van der Waals surface area contributed by atoms with Crippen LogP contribution in [0.3, 0.4) is 0 Å². The molecule has 0 radical (unpaired) electrons. The van der Waals surface area contributed by atoms with Crippen LogP contribution in [0.4, 0.5) is 45.5 Å². The molecule has 12 rings (SSSR count). The number of ether oxygens (including phenoxy) is 5. The number of piperazine rings is 1. The van der Waals surface area contributed by atoms with Gasteiger partial charge in [0, 0.05) is 107 Å². The van der Waals surface area contributed by atoms with Crippen molar-refractivity contribution >= 4 is 151 Å². The van der Waals surface area contributed by atoms with Crippen LogP contribution in [0.1, 0.15) is 106 Å². The molecule has 0 saturated carbocycles. The molecule has 2 fully saturated rings. The molecule has 4 atom stereocenters. The van der Waals surface area contributed by atoms with Crippen LogP contribution >= 0.6 is 54.3 Å². The van der Waals surface area contributed by atoms with Gasteiger partial charge in [0.25, 0.3) is 29.5 Å². The highest BCUT2D eigenvalue weighted by atomic mass is 35.5. The Hall–Kier alpha value is -9.85. The monoisotopic (exact) mass is 1690 g/mol. The fourth-order valence-corrected chi connectivity index (χ4v) is 12.0. The van der Waals surface area contributed by atoms with Gasteiger partial charge in [-0.15, -0.1) is 33.4 Å². The van der Waals surface area contributed by atoms with Crippen molar-refractivity contribution in [1.29, 1.82) is 0 Å². The molecule has 2 saturated heterocycles. The molecular weight excluding hydrogens is 1580 g/mol. The second kappa shape index (κ2) is 60.7. The first-order valence-electron chi connectivity index (χ1n) is 33.5. The number of aliphatic hydroxyl groups is 2. The maximum Gasteiger partial charge on any atom is 0.334 e. The third-order valence-corrected chi connectivity index (χ3v) is 17.3. The molecule has 632 valence electrons. The van der Waals surface area contributed by atoms with Crippen molar-refractivity contribution in [3.8, 4) is 23.0 Å². The smallest absolute Gasteiger partial charge is 0.334 e. The molecule has 5 aliphatic rings. The number of nitro groups is 2. The van der Waals surface area contributed by atoms with Crippen molar-refractivity contribution < 1.29 is 77.6 Å². The summed E-state index contributed by atoms with van der Waals surface area (Å²) in [5.41, 5.74) is 13.3. The Morgan fingerprint density at radius 1 is 0.614 bits per heavy atom. The molecule has 30 nitrogen and oxygen atoms in total. The molecule has 5 amide bonds. The highest BCUT2D eigenvalue weighted by Gasteiger charge is 2.32.